The summed E-state index contributed by atoms with van der Waals surface area (Å²) in [7, 11) is 0. The third kappa shape index (κ3) is 3.87. The molecule has 2 fully saturated rings. The zero-order chi connectivity index (χ0) is 19.8. The van der Waals surface area contributed by atoms with Crippen LogP contribution in [0.2, 0.25) is 10.0 Å². The van der Waals surface area contributed by atoms with Crippen LogP contribution in [0.25, 0.3) is 0 Å². The molecule has 2 aliphatic rings. The lowest BCUT2D eigenvalue weighted by atomic mass is 10.1. The molecule has 0 aromatic heterocycles. The zero-order valence-electron chi connectivity index (χ0n) is 15.0. The summed E-state index contributed by atoms with van der Waals surface area (Å²) in [6, 6.07) is 12.8. The van der Waals surface area contributed by atoms with Gasteiger partial charge in [-0.2, -0.15) is 0 Å². The van der Waals surface area contributed by atoms with Crippen molar-refractivity contribution < 1.29 is 14.5 Å². The van der Waals surface area contributed by atoms with Crippen LogP contribution in [0.1, 0.15) is 6.42 Å². The molecule has 0 saturated carbocycles. The zero-order valence-corrected chi connectivity index (χ0v) is 18.7. The van der Waals surface area contributed by atoms with E-state index in [1.165, 1.54) is 9.80 Å². The van der Waals surface area contributed by atoms with Crippen LogP contribution in [0.3, 0.4) is 0 Å². The van der Waals surface area contributed by atoms with Gasteiger partial charge in [0, 0.05) is 9.26 Å². The Balaban J connectivity index is 1.43. The molecule has 0 bridgehead atoms. The summed E-state index contributed by atoms with van der Waals surface area (Å²) < 4.78 is 1.07. The Morgan fingerprint density at radius 2 is 1.57 bits per heavy atom. The van der Waals surface area contributed by atoms with Crippen LogP contribution < -0.4 is 14.7 Å². The lowest BCUT2D eigenvalue weighted by Gasteiger charge is -2.35. The monoisotopic (exact) mass is 530 g/mol. The Hall–Kier alpha value is -1.35. The predicted molar refractivity (Wildman–Crippen MR) is 119 cm³/mol. The molecule has 8 heteroatoms. The Labute approximate surface area is 187 Å². The number of hydrogen-bond donors (Lipinski definition) is 1. The number of nitrogens with zero attached hydrogens (tertiary/aromatic N) is 2. The highest BCUT2D eigenvalue weighted by atomic mass is 127. The molecule has 1 N–H and O–H groups in total. The fraction of sp³-hybridized carbons (Fsp3) is 0.300. The minimum absolute atomic E-state index is 0.0933. The van der Waals surface area contributed by atoms with Crippen molar-refractivity contribution in [3.63, 3.8) is 0 Å². The molecule has 2 aromatic rings. The molecule has 2 aromatic carbocycles. The van der Waals surface area contributed by atoms with Crippen LogP contribution in [-0.4, -0.2) is 44.0 Å². The lowest BCUT2D eigenvalue weighted by molar-refractivity contribution is -0.915. The number of nitrogens with one attached hydrogen (secondary N) is 1. The Bertz CT molecular complexity index is 914. The van der Waals surface area contributed by atoms with Gasteiger partial charge in [-0.1, -0.05) is 23.2 Å². The Kier molecular flexibility index (Phi) is 5.83. The second-order valence-electron chi connectivity index (χ2n) is 7.04. The largest absolute Gasteiger partial charge is 0.360 e. The molecule has 5 nitrogen and oxygen atoms in total. The average molecular weight is 531 g/mol. The van der Waals surface area contributed by atoms with E-state index in [1.807, 2.05) is 36.4 Å². The number of halogens is 3. The topological polar surface area (TPSA) is 45.1 Å². The number of anilines is 2. The Morgan fingerprint density at radius 3 is 2.21 bits per heavy atom. The van der Waals surface area contributed by atoms with E-state index in [2.05, 4.69) is 27.5 Å². The first-order chi connectivity index (χ1) is 13.4. The number of hydrogen-bond acceptors (Lipinski definition) is 3. The van der Waals surface area contributed by atoms with Crippen molar-refractivity contribution in [2.24, 2.45) is 0 Å². The van der Waals surface area contributed by atoms with Gasteiger partial charge in [0.2, 0.25) is 5.91 Å². The number of carbonyl (C=O) groups excluding carboxylic acids is 2. The minimum atomic E-state index is -0.303. The molecule has 2 aliphatic heterocycles. The summed E-state index contributed by atoms with van der Waals surface area (Å²) in [4.78, 5) is 30.3. The van der Waals surface area contributed by atoms with Gasteiger partial charge in [0.15, 0.2) is 6.04 Å². The van der Waals surface area contributed by atoms with Crippen molar-refractivity contribution >= 4 is 69.0 Å². The van der Waals surface area contributed by atoms with Gasteiger partial charge in [-0.05, 0) is 65.1 Å². The van der Waals surface area contributed by atoms with Crippen LogP contribution in [0.15, 0.2) is 42.5 Å². The normalized spacial score (nSPS) is 20.9. The van der Waals surface area contributed by atoms with Crippen molar-refractivity contribution in [3.05, 3.63) is 56.1 Å². The summed E-state index contributed by atoms with van der Waals surface area (Å²) in [5, 5.41) is 1.08. The molecule has 2 heterocycles. The highest BCUT2D eigenvalue weighted by molar-refractivity contribution is 14.1. The molecule has 2 amide bonds. The molecule has 0 aliphatic carbocycles. The fourth-order valence-corrected chi connectivity index (χ4v) is 4.55. The van der Waals surface area contributed by atoms with Crippen molar-refractivity contribution in [1.82, 2.24) is 0 Å². The van der Waals surface area contributed by atoms with Crippen molar-refractivity contribution in [1.29, 1.82) is 0 Å². The third-order valence-corrected chi connectivity index (χ3v) is 6.86. The quantitative estimate of drug-likeness (QED) is 0.490. The highest BCUT2D eigenvalue weighted by Crippen LogP contribution is 2.27. The van der Waals surface area contributed by atoms with Gasteiger partial charge in [-0.3, -0.25) is 9.59 Å². The molecular formula is C20H19Cl2IN3O2+. The summed E-state index contributed by atoms with van der Waals surface area (Å²) >= 11 is 14.3. The van der Waals surface area contributed by atoms with Gasteiger partial charge in [-0.25, -0.2) is 4.90 Å². The van der Waals surface area contributed by atoms with Gasteiger partial charge in [0.05, 0.1) is 48.3 Å². The maximum Gasteiger partial charge on any atom is 0.292 e. The smallest absolute Gasteiger partial charge is 0.292 e. The molecular weight excluding hydrogens is 512 g/mol. The summed E-state index contributed by atoms with van der Waals surface area (Å²) in [6.45, 7) is 3.19. The fourth-order valence-electron chi connectivity index (χ4n) is 3.89. The van der Waals surface area contributed by atoms with E-state index in [0.29, 0.717) is 15.7 Å². The third-order valence-electron chi connectivity index (χ3n) is 5.40. The maximum absolute atomic E-state index is 13.0. The van der Waals surface area contributed by atoms with Crippen LogP contribution >= 0.6 is 45.8 Å². The average Bonchev–Trinajstić information content (AvgIpc) is 2.99. The van der Waals surface area contributed by atoms with Gasteiger partial charge in [-0.15, -0.1) is 0 Å². The van der Waals surface area contributed by atoms with E-state index in [-0.39, 0.29) is 24.3 Å². The van der Waals surface area contributed by atoms with E-state index in [9.17, 15) is 9.59 Å². The van der Waals surface area contributed by atoms with Crippen molar-refractivity contribution in [3.8, 4) is 0 Å². The molecule has 1 atom stereocenters. The molecule has 146 valence electrons. The number of carbonyl (C=O) groups is 2. The SMILES string of the molecule is O=C1C[C@H]([NH+]2CCN(c3ccc(Cl)c(Cl)c3)CC2)C(=O)N1c1ccc(I)cc1. The van der Waals surface area contributed by atoms with E-state index < -0.39 is 0 Å². The standard InChI is InChI=1S/C20H18Cl2IN3O2/c21-16-6-5-15(11-17(16)22)24-7-9-25(10-8-24)18-12-19(27)26(20(18)28)14-3-1-13(23)2-4-14/h1-6,11,18H,7-10,12H2/p+1/t18-/m0/s1. The first-order valence-corrected chi connectivity index (χ1v) is 10.9. The second-order valence-corrected chi connectivity index (χ2v) is 9.10. The molecule has 2 saturated heterocycles. The number of quaternary nitrogens is 1. The van der Waals surface area contributed by atoms with Gasteiger partial charge in [0.25, 0.3) is 5.91 Å². The van der Waals surface area contributed by atoms with Crippen molar-refractivity contribution in [2.75, 3.05) is 36.0 Å². The summed E-state index contributed by atoms with van der Waals surface area (Å²) in [5.74, 6) is -0.209. The number of amides is 2. The molecule has 0 spiro atoms. The minimum Gasteiger partial charge on any atom is -0.360 e. The molecule has 4 rings (SSSR count). The summed E-state index contributed by atoms with van der Waals surface area (Å²) in [5.41, 5.74) is 1.69. The first kappa shape index (κ1) is 19.9. The maximum atomic E-state index is 13.0. The van der Waals surface area contributed by atoms with Crippen LogP contribution in [-0.2, 0) is 9.59 Å². The first-order valence-electron chi connectivity index (χ1n) is 9.11. The van der Waals surface area contributed by atoms with Crippen LogP contribution in [0.4, 0.5) is 11.4 Å². The Morgan fingerprint density at radius 1 is 0.929 bits per heavy atom. The van der Waals surface area contributed by atoms with E-state index in [1.54, 1.807) is 6.07 Å². The van der Waals surface area contributed by atoms with E-state index in [4.69, 9.17) is 23.2 Å². The van der Waals surface area contributed by atoms with Gasteiger partial charge in [0.1, 0.15) is 0 Å². The van der Waals surface area contributed by atoms with Crippen LogP contribution in [0.5, 0.6) is 0 Å². The molecule has 28 heavy (non-hydrogen) atoms. The predicted octanol–water partition coefficient (Wildman–Crippen LogP) is 2.64. The number of piperazine rings is 1. The number of rotatable bonds is 3. The van der Waals surface area contributed by atoms with Gasteiger partial charge < -0.3 is 9.80 Å². The lowest BCUT2D eigenvalue weighted by Crippen LogP contribution is -3.19. The molecule has 0 unspecified atom stereocenters. The number of benzene rings is 2. The van der Waals surface area contributed by atoms with Crippen LogP contribution in [0, 0.1) is 3.57 Å². The van der Waals surface area contributed by atoms with E-state index in [0.717, 1.165) is 35.4 Å². The highest BCUT2D eigenvalue weighted by Gasteiger charge is 2.46. The summed E-state index contributed by atoms with van der Waals surface area (Å²) in [6.07, 6.45) is 0.271. The van der Waals surface area contributed by atoms with Gasteiger partial charge >= 0.3 is 0 Å². The number of imide groups is 1. The van der Waals surface area contributed by atoms with Crippen molar-refractivity contribution in [2.45, 2.75) is 12.5 Å². The molecule has 0 radical (unpaired) electrons. The second kappa shape index (κ2) is 8.18. The van der Waals surface area contributed by atoms with E-state index >= 15 is 0 Å².